The normalized spacial score (nSPS) is 17.1. The van der Waals surface area contributed by atoms with Crippen molar-refractivity contribution in [2.45, 2.75) is 25.8 Å². The molecule has 6 heteroatoms. The molecule has 1 aromatic rings. The van der Waals surface area contributed by atoms with E-state index in [1.54, 1.807) is 0 Å². The van der Waals surface area contributed by atoms with Crippen molar-refractivity contribution in [1.29, 1.82) is 0 Å². The largest absolute Gasteiger partial charge is 0.351 e. The van der Waals surface area contributed by atoms with Gasteiger partial charge in [0.1, 0.15) is 12.4 Å². The molecule has 0 radical (unpaired) electrons. The third kappa shape index (κ3) is 2.39. The van der Waals surface area contributed by atoms with Gasteiger partial charge in [-0.25, -0.2) is 9.97 Å². The van der Waals surface area contributed by atoms with Crippen molar-refractivity contribution in [3.63, 3.8) is 0 Å². The Morgan fingerprint density at radius 2 is 2.13 bits per heavy atom. The Labute approximate surface area is 86.9 Å². The lowest BCUT2D eigenvalue weighted by Gasteiger charge is -2.11. The second-order valence-electron chi connectivity index (χ2n) is 3.79. The Morgan fingerprint density at radius 1 is 1.53 bits per heavy atom. The van der Waals surface area contributed by atoms with Crippen molar-refractivity contribution >= 4 is 11.6 Å². The maximum absolute atomic E-state index is 10.4. The Balaban J connectivity index is 1.99. The fourth-order valence-corrected chi connectivity index (χ4v) is 1.41. The molecule has 0 bridgehead atoms. The minimum atomic E-state index is -0.506. The molecule has 6 nitrogen and oxygen atoms in total. The van der Waals surface area contributed by atoms with E-state index in [2.05, 4.69) is 22.2 Å². The molecule has 80 valence electrons. The SMILES string of the molecule is CC(Nc1ncc([N+](=O)[O-])cn1)C1CC1. The van der Waals surface area contributed by atoms with Gasteiger partial charge in [-0.15, -0.1) is 0 Å². The summed E-state index contributed by atoms with van der Waals surface area (Å²) >= 11 is 0. The number of rotatable bonds is 4. The monoisotopic (exact) mass is 208 g/mol. The summed E-state index contributed by atoms with van der Waals surface area (Å²) in [5.74, 6) is 1.16. The Morgan fingerprint density at radius 3 is 2.60 bits per heavy atom. The fourth-order valence-electron chi connectivity index (χ4n) is 1.41. The molecule has 1 saturated carbocycles. The lowest BCUT2D eigenvalue weighted by molar-refractivity contribution is -0.385. The summed E-state index contributed by atoms with van der Waals surface area (Å²) in [6.07, 6.45) is 4.91. The lowest BCUT2D eigenvalue weighted by Crippen LogP contribution is -2.18. The van der Waals surface area contributed by atoms with E-state index in [1.807, 2.05) is 0 Å². The zero-order valence-electron chi connectivity index (χ0n) is 8.38. The summed E-state index contributed by atoms with van der Waals surface area (Å²) in [5, 5.41) is 13.5. The first-order valence-electron chi connectivity index (χ1n) is 4.90. The molecule has 1 aromatic heterocycles. The van der Waals surface area contributed by atoms with Crippen LogP contribution in [0.3, 0.4) is 0 Å². The van der Waals surface area contributed by atoms with Crippen LogP contribution in [-0.2, 0) is 0 Å². The second-order valence-corrected chi connectivity index (χ2v) is 3.79. The van der Waals surface area contributed by atoms with Gasteiger partial charge in [-0.3, -0.25) is 10.1 Å². The van der Waals surface area contributed by atoms with Gasteiger partial charge in [0.2, 0.25) is 5.95 Å². The molecule has 0 amide bonds. The molecule has 1 aliphatic carbocycles. The van der Waals surface area contributed by atoms with Crippen LogP contribution in [0.1, 0.15) is 19.8 Å². The summed E-state index contributed by atoms with van der Waals surface area (Å²) in [7, 11) is 0. The van der Waals surface area contributed by atoms with Crippen molar-refractivity contribution in [3.8, 4) is 0 Å². The van der Waals surface area contributed by atoms with Gasteiger partial charge in [0.25, 0.3) is 0 Å². The highest BCUT2D eigenvalue weighted by Gasteiger charge is 2.28. The molecule has 0 aromatic carbocycles. The van der Waals surface area contributed by atoms with Crippen LogP contribution in [0.5, 0.6) is 0 Å². The first kappa shape index (κ1) is 9.82. The second kappa shape index (κ2) is 3.80. The number of nitrogens with one attached hydrogen (secondary N) is 1. The molecular formula is C9H12N4O2. The zero-order valence-corrected chi connectivity index (χ0v) is 8.38. The number of hydrogen-bond donors (Lipinski definition) is 1. The van der Waals surface area contributed by atoms with E-state index in [1.165, 1.54) is 25.2 Å². The summed E-state index contributed by atoms with van der Waals surface area (Å²) in [6.45, 7) is 2.07. The van der Waals surface area contributed by atoms with Gasteiger partial charge in [-0.05, 0) is 25.7 Å². The van der Waals surface area contributed by atoms with Gasteiger partial charge in [0.15, 0.2) is 0 Å². The summed E-state index contributed by atoms with van der Waals surface area (Å²) in [5.41, 5.74) is -0.0837. The molecule has 0 aliphatic heterocycles. The van der Waals surface area contributed by atoms with E-state index < -0.39 is 4.92 Å². The highest BCUT2D eigenvalue weighted by molar-refractivity contribution is 5.31. The lowest BCUT2D eigenvalue weighted by atomic mass is 10.2. The zero-order chi connectivity index (χ0) is 10.8. The van der Waals surface area contributed by atoms with E-state index in [0.717, 1.165) is 0 Å². The van der Waals surface area contributed by atoms with Crippen molar-refractivity contribution in [2.24, 2.45) is 5.92 Å². The molecule has 1 fully saturated rings. The van der Waals surface area contributed by atoms with Crippen LogP contribution in [0.15, 0.2) is 12.4 Å². The molecule has 15 heavy (non-hydrogen) atoms. The molecule has 2 rings (SSSR count). The number of nitrogens with zero attached hydrogens (tertiary/aromatic N) is 3. The average molecular weight is 208 g/mol. The average Bonchev–Trinajstić information content (AvgIpc) is 3.01. The smallest absolute Gasteiger partial charge is 0.305 e. The summed E-state index contributed by atoms with van der Waals surface area (Å²) in [6, 6.07) is 0.339. The van der Waals surface area contributed by atoms with Crippen molar-refractivity contribution in [3.05, 3.63) is 22.5 Å². The van der Waals surface area contributed by atoms with Gasteiger partial charge < -0.3 is 5.32 Å². The Kier molecular flexibility index (Phi) is 2.49. The predicted octanol–water partition coefficient (Wildman–Crippen LogP) is 1.60. The van der Waals surface area contributed by atoms with Crippen LogP contribution < -0.4 is 5.32 Å². The maximum Gasteiger partial charge on any atom is 0.305 e. The van der Waals surface area contributed by atoms with Gasteiger partial charge in [-0.2, -0.15) is 0 Å². The Bertz CT molecular complexity index is 361. The molecule has 1 aliphatic rings. The third-order valence-electron chi connectivity index (χ3n) is 2.53. The third-order valence-corrected chi connectivity index (χ3v) is 2.53. The van der Waals surface area contributed by atoms with Gasteiger partial charge in [0.05, 0.1) is 4.92 Å². The fraction of sp³-hybridized carbons (Fsp3) is 0.556. The van der Waals surface area contributed by atoms with E-state index >= 15 is 0 Å². The Hall–Kier alpha value is -1.72. The maximum atomic E-state index is 10.4. The van der Waals surface area contributed by atoms with Crippen molar-refractivity contribution in [1.82, 2.24) is 9.97 Å². The molecule has 1 N–H and O–H groups in total. The number of hydrogen-bond acceptors (Lipinski definition) is 5. The van der Waals surface area contributed by atoms with E-state index in [4.69, 9.17) is 0 Å². The van der Waals surface area contributed by atoms with E-state index in [-0.39, 0.29) is 5.69 Å². The first-order chi connectivity index (χ1) is 7.16. The molecular weight excluding hydrogens is 196 g/mol. The number of nitro groups is 1. The highest BCUT2D eigenvalue weighted by atomic mass is 16.6. The van der Waals surface area contributed by atoms with Gasteiger partial charge in [0, 0.05) is 6.04 Å². The molecule has 1 unspecified atom stereocenters. The number of aromatic nitrogens is 2. The molecule has 1 heterocycles. The topological polar surface area (TPSA) is 81.0 Å². The molecule has 1 atom stereocenters. The van der Waals surface area contributed by atoms with Crippen LogP contribution in [-0.4, -0.2) is 20.9 Å². The van der Waals surface area contributed by atoms with Gasteiger partial charge >= 0.3 is 5.69 Å². The van der Waals surface area contributed by atoms with Gasteiger partial charge in [-0.1, -0.05) is 0 Å². The van der Waals surface area contributed by atoms with Crippen LogP contribution in [0, 0.1) is 16.0 Å². The van der Waals surface area contributed by atoms with Crippen LogP contribution in [0.25, 0.3) is 0 Å². The van der Waals surface area contributed by atoms with Crippen LogP contribution >= 0.6 is 0 Å². The van der Waals surface area contributed by atoms with Crippen molar-refractivity contribution < 1.29 is 4.92 Å². The summed E-state index contributed by atoms with van der Waals surface area (Å²) in [4.78, 5) is 17.6. The number of anilines is 1. The van der Waals surface area contributed by atoms with E-state index in [9.17, 15) is 10.1 Å². The quantitative estimate of drug-likeness (QED) is 0.600. The minimum absolute atomic E-state index is 0.0837. The van der Waals surface area contributed by atoms with Crippen LogP contribution in [0.4, 0.5) is 11.6 Å². The predicted molar refractivity (Wildman–Crippen MR) is 54.5 cm³/mol. The highest BCUT2D eigenvalue weighted by Crippen LogP contribution is 2.33. The van der Waals surface area contributed by atoms with E-state index in [0.29, 0.717) is 17.9 Å². The summed E-state index contributed by atoms with van der Waals surface area (Å²) < 4.78 is 0. The van der Waals surface area contributed by atoms with Crippen molar-refractivity contribution in [2.75, 3.05) is 5.32 Å². The standard InChI is InChI=1S/C9H12N4O2/c1-6(7-2-3-7)12-9-10-4-8(5-11-9)13(14)15/h4-7H,2-3H2,1H3,(H,10,11,12). The molecule has 0 saturated heterocycles. The van der Waals surface area contributed by atoms with Crippen LogP contribution in [0.2, 0.25) is 0 Å². The first-order valence-corrected chi connectivity index (χ1v) is 4.90. The minimum Gasteiger partial charge on any atom is -0.351 e. The molecule has 0 spiro atoms.